The van der Waals surface area contributed by atoms with Gasteiger partial charge in [-0.25, -0.2) is 0 Å². The molecule has 12 nitrogen and oxygen atoms in total. The molecule has 0 saturated carbocycles. The van der Waals surface area contributed by atoms with E-state index in [9.17, 15) is 24.4 Å². The van der Waals surface area contributed by atoms with Gasteiger partial charge in [-0.3, -0.25) is 23.7 Å². The van der Waals surface area contributed by atoms with Crippen molar-refractivity contribution in [2.75, 3.05) is 13.7 Å². The van der Waals surface area contributed by atoms with Crippen LogP contribution in [0.15, 0.2) is 34.2 Å². The number of carbonyl (C=O) groups excluding carboxylic acids is 3. The van der Waals surface area contributed by atoms with Gasteiger partial charge in [0.15, 0.2) is 23.6 Å². The van der Waals surface area contributed by atoms with Crippen LogP contribution in [0.1, 0.15) is 32.6 Å². The third-order valence-corrected chi connectivity index (χ3v) is 7.00. The van der Waals surface area contributed by atoms with Crippen molar-refractivity contribution < 1.29 is 38.1 Å². The van der Waals surface area contributed by atoms with E-state index < -0.39 is 53.3 Å². The second kappa shape index (κ2) is 10.6. The molecule has 2 aliphatic heterocycles. The van der Waals surface area contributed by atoms with Crippen molar-refractivity contribution in [2.24, 2.45) is 0 Å². The predicted molar refractivity (Wildman–Crippen MR) is 126 cm³/mol. The molecule has 2 aromatic rings. The van der Waals surface area contributed by atoms with Gasteiger partial charge >= 0.3 is 17.9 Å². The summed E-state index contributed by atoms with van der Waals surface area (Å²) in [6, 6.07) is 8.66. The number of esters is 3. The zero-order valence-corrected chi connectivity index (χ0v) is 21.1. The van der Waals surface area contributed by atoms with E-state index in [-0.39, 0.29) is 23.0 Å². The van der Waals surface area contributed by atoms with E-state index in [2.05, 4.69) is 4.98 Å². The number of thioether (sulfide) groups is 1. The smallest absolute Gasteiger partial charge is 0.303 e. The average Bonchev–Trinajstić information content (AvgIpc) is 3.20. The van der Waals surface area contributed by atoms with Gasteiger partial charge in [0, 0.05) is 26.3 Å². The van der Waals surface area contributed by atoms with Crippen LogP contribution >= 0.6 is 11.8 Å². The van der Waals surface area contributed by atoms with E-state index in [0.717, 1.165) is 11.8 Å². The predicted octanol–water partition coefficient (Wildman–Crippen LogP) is 1.59. The highest BCUT2D eigenvalue weighted by Gasteiger charge is 2.55. The van der Waals surface area contributed by atoms with E-state index in [1.165, 1.54) is 27.9 Å². The second-order valence-electron chi connectivity index (χ2n) is 8.23. The maximum atomic E-state index is 12.8. The number of methoxy groups -OCH3 is 1. The molecule has 5 atom stereocenters. The lowest BCUT2D eigenvalue weighted by molar-refractivity contribution is -0.223. The van der Waals surface area contributed by atoms with Crippen LogP contribution in [0.3, 0.4) is 0 Å². The molecule has 0 amide bonds. The number of fused-ring (bicyclic) bond motifs is 3. The molecule has 1 saturated heterocycles. The maximum absolute atomic E-state index is 12.8. The Morgan fingerprint density at radius 3 is 2.30 bits per heavy atom. The Hall–Kier alpha value is -3.89. The van der Waals surface area contributed by atoms with Gasteiger partial charge in [0.1, 0.15) is 30.1 Å². The molecule has 4 rings (SSSR count). The zero-order chi connectivity index (χ0) is 26.9. The first kappa shape index (κ1) is 26.2. The summed E-state index contributed by atoms with van der Waals surface area (Å²) in [6.45, 7) is 3.31. The van der Waals surface area contributed by atoms with Crippen molar-refractivity contribution in [3.8, 4) is 23.1 Å². The summed E-state index contributed by atoms with van der Waals surface area (Å²) in [6.07, 6.45) is -4.11. The summed E-state index contributed by atoms with van der Waals surface area (Å²) in [7, 11) is 1.51. The van der Waals surface area contributed by atoms with Gasteiger partial charge in [-0.05, 0) is 24.3 Å². The number of hydrogen-bond donors (Lipinski definition) is 0. The molecule has 0 aliphatic carbocycles. The number of nitrogens with zero attached hydrogens (tertiary/aromatic N) is 3. The summed E-state index contributed by atoms with van der Waals surface area (Å²) in [5.41, 5.74) is -0.172. The average molecular weight is 530 g/mol. The summed E-state index contributed by atoms with van der Waals surface area (Å²) in [5.74, 6) is -1.31. The van der Waals surface area contributed by atoms with Gasteiger partial charge in [0.2, 0.25) is 0 Å². The normalized spacial score (nSPS) is 23.7. The fourth-order valence-corrected chi connectivity index (χ4v) is 5.64. The number of benzene rings is 1. The van der Waals surface area contributed by atoms with Crippen LogP contribution in [0.2, 0.25) is 0 Å². The molecule has 0 bridgehead atoms. The van der Waals surface area contributed by atoms with Crippen molar-refractivity contribution in [3.63, 3.8) is 0 Å². The van der Waals surface area contributed by atoms with Crippen LogP contribution in [0.4, 0.5) is 0 Å². The molecule has 3 heterocycles. The topological polar surface area (TPSA) is 156 Å². The molecule has 0 radical (unpaired) electrons. The Morgan fingerprint density at radius 1 is 1.08 bits per heavy atom. The highest BCUT2D eigenvalue weighted by molar-refractivity contribution is 8.00. The largest absolute Gasteiger partial charge is 0.497 e. The molecule has 0 unspecified atom stereocenters. The molecular weight excluding hydrogens is 506 g/mol. The van der Waals surface area contributed by atoms with Crippen LogP contribution < -0.4 is 10.3 Å². The van der Waals surface area contributed by atoms with Gasteiger partial charge in [0.05, 0.1) is 18.1 Å². The number of ether oxygens (including phenoxy) is 5. The van der Waals surface area contributed by atoms with Crippen molar-refractivity contribution >= 4 is 29.7 Å². The molecular formula is C24H23N3O9S. The van der Waals surface area contributed by atoms with Gasteiger partial charge in [0.25, 0.3) is 5.56 Å². The fourth-order valence-electron chi connectivity index (χ4n) is 4.31. The van der Waals surface area contributed by atoms with Gasteiger partial charge in [-0.1, -0.05) is 11.8 Å². The molecule has 0 spiro atoms. The SMILES string of the molecule is COc1ccc(-c2c(C#N)c(=O)nc3n2[C@@H]2O[C@H](COC(C)=O)[C@@H](OC(C)=O)[C@H](OC(C)=O)[C@@H]2S3)cc1. The highest BCUT2D eigenvalue weighted by Crippen LogP contribution is 2.49. The summed E-state index contributed by atoms with van der Waals surface area (Å²) >= 11 is 1.09. The quantitative estimate of drug-likeness (QED) is 0.303. The minimum atomic E-state index is -1.11. The van der Waals surface area contributed by atoms with E-state index >= 15 is 0 Å². The van der Waals surface area contributed by atoms with E-state index in [4.69, 9.17) is 23.7 Å². The maximum Gasteiger partial charge on any atom is 0.303 e. The number of aromatic nitrogens is 2. The summed E-state index contributed by atoms with van der Waals surface area (Å²) < 4.78 is 29.3. The number of rotatable bonds is 6. The van der Waals surface area contributed by atoms with Crippen LogP contribution in [0.25, 0.3) is 11.3 Å². The molecule has 1 aromatic carbocycles. The Bertz CT molecular complexity index is 1330. The molecule has 1 fully saturated rings. The zero-order valence-electron chi connectivity index (χ0n) is 20.3. The van der Waals surface area contributed by atoms with Crippen molar-refractivity contribution in [1.29, 1.82) is 5.26 Å². The molecule has 13 heteroatoms. The molecule has 0 N–H and O–H groups in total. The fraction of sp³-hybridized carbons (Fsp3) is 0.417. The first-order valence-corrected chi connectivity index (χ1v) is 12.0. The van der Waals surface area contributed by atoms with Crippen molar-refractivity contribution in [3.05, 3.63) is 40.2 Å². The monoisotopic (exact) mass is 529 g/mol. The van der Waals surface area contributed by atoms with Crippen molar-refractivity contribution in [2.45, 2.75) is 55.7 Å². The summed E-state index contributed by atoms with van der Waals surface area (Å²) in [4.78, 5) is 52.4. The van der Waals surface area contributed by atoms with Crippen LogP contribution in [0.5, 0.6) is 5.75 Å². The van der Waals surface area contributed by atoms with E-state index in [1.807, 2.05) is 6.07 Å². The molecule has 37 heavy (non-hydrogen) atoms. The van der Waals surface area contributed by atoms with Crippen LogP contribution in [0, 0.1) is 11.3 Å². The van der Waals surface area contributed by atoms with Crippen molar-refractivity contribution in [1.82, 2.24) is 9.55 Å². The van der Waals surface area contributed by atoms with Crippen LogP contribution in [-0.4, -0.2) is 64.7 Å². The lowest BCUT2D eigenvalue weighted by Crippen LogP contribution is -2.57. The van der Waals surface area contributed by atoms with E-state index in [1.54, 1.807) is 28.8 Å². The number of carbonyl (C=O) groups is 3. The molecule has 194 valence electrons. The summed E-state index contributed by atoms with van der Waals surface area (Å²) in [5, 5.41) is 9.35. The first-order valence-electron chi connectivity index (χ1n) is 11.2. The van der Waals surface area contributed by atoms with Gasteiger partial charge < -0.3 is 23.7 Å². The second-order valence-corrected chi connectivity index (χ2v) is 9.38. The lowest BCUT2D eigenvalue weighted by Gasteiger charge is -2.42. The number of nitriles is 1. The Balaban J connectivity index is 1.88. The minimum Gasteiger partial charge on any atom is -0.497 e. The standard InChI is InChI=1S/C24H23N3O9S/c1-11(28)33-10-17-19(34-12(2)29)20(35-13(3)30)21-23(36-17)27-18(14-5-7-15(32-4)8-6-14)16(9-25)22(31)26-24(27)37-21/h5-8,17,19-21,23H,10H2,1-4H3/t17-,19-,20+,21+,23-/m1/s1. The van der Waals surface area contributed by atoms with E-state index in [0.29, 0.717) is 11.3 Å². The van der Waals surface area contributed by atoms with Gasteiger partial charge in [-0.15, -0.1) is 0 Å². The lowest BCUT2D eigenvalue weighted by atomic mass is 9.98. The first-order chi connectivity index (χ1) is 17.6. The molecule has 2 aliphatic rings. The highest BCUT2D eigenvalue weighted by atomic mass is 32.2. The third-order valence-electron chi connectivity index (χ3n) is 5.73. The minimum absolute atomic E-state index is 0.207. The Labute approximate surface area is 215 Å². The van der Waals surface area contributed by atoms with Crippen LogP contribution in [-0.2, 0) is 33.3 Å². The molecule has 1 aromatic heterocycles. The Kier molecular flexibility index (Phi) is 7.51. The third kappa shape index (κ3) is 5.16. The number of hydrogen-bond acceptors (Lipinski definition) is 12. The van der Waals surface area contributed by atoms with Gasteiger partial charge in [-0.2, -0.15) is 10.2 Å². The Morgan fingerprint density at radius 2 is 1.73 bits per heavy atom.